The summed E-state index contributed by atoms with van der Waals surface area (Å²) in [4.78, 5) is 0. The van der Waals surface area contributed by atoms with E-state index in [0.717, 1.165) is 17.7 Å². The summed E-state index contributed by atoms with van der Waals surface area (Å²) >= 11 is 0. The second kappa shape index (κ2) is 6.88. The average molecular weight is 316 g/mol. The Morgan fingerprint density at radius 3 is 2.29 bits per heavy atom. The van der Waals surface area contributed by atoms with Gasteiger partial charge in [-0.2, -0.15) is 5.10 Å². The van der Waals surface area contributed by atoms with Gasteiger partial charge in [0.05, 0.1) is 11.9 Å². The normalized spacial score (nSPS) is 14.8. The van der Waals surface area contributed by atoms with Gasteiger partial charge < -0.3 is 0 Å². The maximum absolute atomic E-state index is 4.46. The van der Waals surface area contributed by atoms with Crippen LogP contribution in [0.25, 0.3) is 5.57 Å². The van der Waals surface area contributed by atoms with Gasteiger partial charge >= 0.3 is 0 Å². The second-order valence-electron chi connectivity index (χ2n) is 6.46. The Hall–Kier alpha value is -2.61. The zero-order chi connectivity index (χ0) is 17.1. The summed E-state index contributed by atoms with van der Waals surface area (Å²) in [5, 5.41) is 4.46. The molecule has 2 nitrogen and oxygen atoms in total. The van der Waals surface area contributed by atoms with Gasteiger partial charge in [0.25, 0.3) is 0 Å². The van der Waals surface area contributed by atoms with Crippen molar-refractivity contribution in [1.82, 2.24) is 0 Å². The first-order valence-electron chi connectivity index (χ1n) is 8.38. The monoisotopic (exact) mass is 316 g/mol. The molecule has 2 aromatic rings. The fourth-order valence-electron chi connectivity index (χ4n) is 3.13. The molecule has 1 N–H and O–H groups in total. The Morgan fingerprint density at radius 2 is 1.58 bits per heavy atom. The van der Waals surface area contributed by atoms with E-state index in [0.29, 0.717) is 0 Å². The third-order valence-corrected chi connectivity index (χ3v) is 4.92. The minimum Gasteiger partial charge on any atom is -0.278 e. The van der Waals surface area contributed by atoms with Gasteiger partial charge in [0, 0.05) is 5.56 Å². The van der Waals surface area contributed by atoms with E-state index >= 15 is 0 Å². The minimum atomic E-state index is 1.04. The highest BCUT2D eigenvalue weighted by Crippen LogP contribution is 2.38. The predicted octanol–water partition coefficient (Wildman–Crippen LogP) is 5.95. The van der Waals surface area contributed by atoms with Crippen LogP contribution in [0.2, 0.25) is 0 Å². The topological polar surface area (TPSA) is 24.4 Å². The van der Waals surface area contributed by atoms with Crippen LogP contribution < -0.4 is 5.43 Å². The summed E-state index contributed by atoms with van der Waals surface area (Å²) in [5.41, 5.74) is 13.5. The van der Waals surface area contributed by atoms with Gasteiger partial charge in [-0.3, -0.25) is 5.43 Å². The number of nitrogens with zero attached hydrogens (tertiary/aromatic N) is 1. The number of aryl methyl sites for hydroxylation is 1. The quantitative estimate of drug-likeness (QED) is 0.546. The molecule has 0 radical (unpaired) electrons. The van der Waals surface area contributed by atoms with E-state index in [-0.39, 0.29) is 0 Å². The third kappa shape index (κ3) is 3.18. The molecule has 0 amide bonds. The molecule has 0 unspecified atom stereocenters. The molecule has 24 heavy (non-hydrogen) atoms. The zero-order valence-electron chi connectivity index (χ0n) is 14.9. The van der Waals surface area contributed by atoms with Crippen molar-refractivity contribution < 1.29 is 0 Å². The summed E-state index contributed by atoms with van der Waals surface area (Å²) in [6.45, 7) is 8.74. The van der Waals surface area contributed by atoms with E-state index in [4.69, 9.17) is 0 Å². The van der Waals surface area contributed by atoms with Crippen molar-refractivity contribution in [3.63, 3.8) is 0 Å². The summed E-state index contributed by atoms with van der Waals surface area (Å²) in [5.74, 6) is 0. The van der Waals surface area contributed by atoms with Crippen LogP contribution in [-0.4, -0.2) is 6.21 Å². The van der Waals surface area contributed by atoms with Crippen molar-refractivity contribution in [3.05, 3.63) is 81.9 Å². The number of hydrogen-bond donors (Lipinski definition) is 1. The van der Waals surface area contributed by atoms with E-state index in [1.807, 2.05) is 24.4 Å². The first-order chi connectivity index (χ1) is 11.6. The first-order valence-corrected chi connectivity index (χ1v) is 8.38. The highest BCUT2D eigenvalue weighted by molar-refractivity contribution is 5.91. The number of rotatable bonds is 4. The highest BCUT2D eigenvalue weighted by atomic mass is 15.3. The van der Waals surface area contributed by atoms with Crippen LogP contribution in [0.5, 0.6) is 0 Å². The summed E-state index contributed by atoms with van der Waals surface area (Å²) in [6, 6.07) is 16.7. The van der Waals surface area contributed by atoms with Crippen LogP contribution in [0.4, 0.5) is 5.69 Å². The van der Waals surface area contributed by atoms with Crippen molar-refractivity contribution in [2.24, 2.45) is 5.10 Å². The summed E-state index contributed by atoms with van der Waals surface area (Å²) in [6.07, 6.45) is 2.96. The van der Waals surface area contributed by atoms with Gasteiger partial charge in [-0.25, -0.2) is 0 Å². The molecule has 0 heterocycles. The van der Waals surface area contributed by atoms with Gasteiger partial charge in [0.2, 0.25) is 0 Å². The number of nitrogens with one attached hydrogen (secondary N) is 1. The first kappa shape index (κ1) is 16.3. The average Bonchev–Trinajstić information content (AvgIpc) is 2.84. The highest BCUT2D eigenvalue weighted by Gasteiger charge is 2.18. The van der Waals surface area contributed by atoms with Crippen LogP contribution in [-0.2, 0) is 0 Å². The Morgan fingerprint density at radius 1 is 0.875 bits per heavy atom. The lowest BCUT2D eigenvalue weighted by Gasteiger charge is -2.10. The van der Waals surface area contributed by atoms with E-state index in [9.17, 15) is 0 Å². The molecule has 3 rings (SSSR count). The van der Waals surface area contributed by atoms with Crippen LogP contribution in [0.1, 0.15) is 43.9 Å². The molecule has 122 valence electrons. The molecule has 0 fully saturated rings. The van der Waals surface area contributed by atoms with Crippen molar-refractivity contribution in [2.45, 2.75) is 34.1 Å². The molecule has 2 heteroatoms. The molecule has 0 aliphatic heterocycles. The molecule has 0 aromatic heterocycles. The second-order valence-corrected chi connectivity index (χ2v) is 6.46. The predicted molar refractivity (Wildman–Crippen MR) is 104 cm³/mol. The minimum absolute atomic E-state index is 1.04. The van der Waals surface area contributed by atoms with E-state index < -0.39 is 0 Å². The number of anilines is 1. The number of para-hydroxylation sites is 1. The lowest BCUT2D eigenvalue weighted by molar-refractivity contribution is 1.22. The lowest BCUT2D eigenvalue weighted by atomic mass is 9.96. The zero-order valence-corrected chi connectivity index (χ0v) is 14.9. The molecule has 0 saturated carbocycles. The Kier molecular flexibility index (Phi) is 4.66. The largest absolute Gasteiger partial charge is 0.278 e. The molecular formula is C22H24N2. The fraction of sp³-hybridized carbons (Fsp3) is 0.227. The van der Waals surface area contributed by atoms with Crippen LogP contribution in [0.3, 0.4) is 0 Å². The smallest absolute Gasteiger partial charge is 0.0590 e. The summed E-state index contributed by atoms with van der Waals surface area (Å²) < 4.78 is 0. The molecule has 1 aliphatic rings. The Bertz CT molecular complexity index is 854. The van der Waals surface area contributed by atoms with Crippen LogP contribution in [0.15, 0.2) is 70.4 Å². The van der Waals surface area contributed by atoms with E-state index in [2.05, 4.69) is 68.6 Å². The van der Waals surface area contributed by atoms with Crippen molar-refractivity contribution in [2.75, 3.05) is 5.43 Å². The third-order valence-electron chi connectivity index (χ3n) is 4.92. The Balaban J connectivity index is 1.86. The number of allylic oxidation sites excluding steroid dienone is 4. The summed E-state index contributed by atoms with van der Waals surface area (Å²) in [7, 11) is 0. The van der Waals surface area contributed by atoms with Crippen molar-refractivity contribution >= 4 is 17.5 Å². The van der Waals surface area contributed by atoms with Gasteiger partial charge in [-0.1, -0.05) is 48.0 Å². The maximum atomic E-state index is 4.46. The number of hydrogen-bond acceptors (Lipinski definition) is 2. The SMILES string of the molecule is CC1=C(C)C(C)=C(c2ccccc2/C=N/Nc2ccccc2C)C1. The molecule has 0 atom stereocenters. The van der Waals surface area contributed by atoms with E-state index in [1.54, 1.807) is 0 Å². The molecule has 1 aliphatic carbocycles. The standard InChI is InChI=1S/C22H24N2/c1-15-9-5-8-12-22(15)24-23-14-19-10-6-7-11-20(19)21-13-16(2)17(3)18(21)4/h5-12,14,24H,13H2,1-4H3/b23-14+. The van der Waals surface area contributed by atoms with Crippen LogP contribution >= 0.6 is 0 Å². The van der Waals surface area contributed by atoms with E-state index in [1.165, 1.54) is 33.4 Å². The Labute approximate surface area is 144 Å². The molecule has 0 saturated heterocycles. The van der Waals surface area contributed by atoms with Gasteiger partial charge in [-0.05, 0) is 68.0 Å². The maximum Gasteiger partial charge on any atom is 0.0590 e. The van der Waals surface area contributed by atoms with Crippen LogP contribution in [0, 0.1) is 6.92 Å². The van der Waals surface area contributed by atoms with Gasteiger partial charge in [0.15, 0.2) is 0 Å². The number of benzene rings is 2. The molecule has 2 aromatic carbocycles. The molecule has 0 spiro atoms. The number of hydrazone groups is 1. The fourth-order valence-corrected chi connectivity index (χ4v) is 3.13. The molecular weight excluding hydrogens is 292 g/mol. The van der Waals surface area contributed by atoms with Gasteiger partial charge in [0.1, 0.15) is 0 Å². The lowest BCUT2D eigenvalue weighted by Crippen LogP contribution is -1.96. The van der Waals surface area contributed by atoms with Crippen molar-refractivity contribution in [1.29, 1.82) is 0 Å². The van der Waals surface area contributed by atoms with Crippen molar-refractivity contribution in [3.8, 4) is 0 Å². The molecule has 0 bridgehead atoms. The van der Waals surface area contributed by atoms with Gasteiger partial charge in [-0.15, -0.1) is 0 Å².